The molecule has 0 radical (unpaired) electrons. The van der Waals surface area contributed by atoms with Gasteiger partial charge in [0, 0.05) is 24.3 Å². The van der Waals surface area contributed by atoms with E-state index in [4.69, 9.17) is 0 Å². The molecule has 0 aromatic heterocycles. The highest BCUT2D eigenvalue weighted by Crippen LogP contribution is 2.31. The fourth-order valence-corrected chi connectivity index (χ4v) is 5.90. The van der Waals surface area contributed by atoms with Gasteiger partial charge in [0.2, 0.25) is 0 Å². The first-order chi connectivity index (χ1) is 20.0. The first-order valence-corrected chi connectivity index (χ1v) is 14.1. The number of rotatable bonds is 7. The van der Waals surface area contributed by atoms with E-state index < -0.39 is 5.97 Å². The molecule has 5 aromatic rings. The number of aryl methyl sites for hydroxylation is 1. The molecule has 5 aromatic carbocycles. The van der Waals surface area contributed by atoms with Crippen LogP contribution >= 0.6 is 0 Å². The lowest BCUT2D eigenvalue weighted by Crippen LogP contribution is -2.30. The summed E-state index contributed by atoms with van der Waals surface area (Å²) in [5, 5.41) is 15.1. The highest BCUT2D eigenvalue weighted by molar-refractivity contribution is 5.96. The Morgan fingerprint density at radius 1 is 0.878 bits per heavy atom. The van der Waals surface area contributed by atoms with Gasteiger partial charge in [0.25, 0.3) is 5.91 Å². The summed E-state index contributed by atoms with van der Waals surface area (Å²) >= 11 is 0. The van der Waals surface area contributed by atoms with Gasteiger partial charge < -0.3 is 15.3 Å². The van der Waals surface area contributed by atoms with Crippen molar-refractivity contribution in [1.82, 2.24) is 5.32 Å². The number of aromatic carboxylic acids is 1. The van der Waals surface area contributed by atoms with Crippen molar-refractivity contribution in [1.29, 1.82) is 0 Å². The number of hydrogen-bond donors (Lipinski definition) is 2. The van der Waals surface area contributed by atoms with Crippen molar-refractivity contribution in [3.05, 3.63) is 137 Å². The molecule has 1 aliphatic rings. The number of benzene rings is 5. The molecule has 1 aliphatic heterocycles. The summed E-state index contributed by atoms with van der Waals surface area (Å²) in [4.78, 5) is 27.3. The number of carbonyl (C=O) groups excluding carboxylic acids is 1. The lowest BCUT2D eigenvalue weighted by atomic mass is 9.96. The maximum atomic E-state index is 13.3. The van der Waals surface area contributed by atoms with E-state index in [9.17, 15) is 14.7 Å². The minimum absolute atomic E-state index is 0.0670. The number of amides is 1. The smallest absolute Gasteiger partial charge is 0.336 e. The quantitative estimate of drug-likeness (QED) is 0.222. The molecule has 0 spiro atoms. The van der Waals surface area contributed by atoms with Crippen LogP contribution in [0, 0.1) is 0 Å². The predicted octanol–water partition coefficient (Wildman–Crippen LogP) is 7.65. The van der Waals surface area contributed by atoms with Gasteiger partial charge in [-0.1, -0.05) is 84.9 Å². The number of carboxylic acids is 1. The van der Waals surface area contributed by atoms with E-state index in [0.29, 0.717) is 11.1 Å². The van der Waals surface area contributed by atoms with Gasteiger partial charge in [-0.15, -0.1) is 0 Å². The lowest BCUT2D eigenvalue weighted by molar-refractivity contribution is 0.0697. The summed E-state index contributed by atoms with van der Waals surface area (Å²) in [6, 6.07) is 35.6. The van der Waals surface area contributed by atoms with Crippen molar-refractivity contribution < 1.29 is 14.7 Å². The average Bonchev–Trinajstić information content (AvgIpc) is 3.01. The van der Waals surface area contributed by atoms with E-state index >= 15 is 0 Å². The van der Waals surface area contributed by atoms with Gasteiger partial charge in [0.15, 0.2) is 0 Å². The van der Waals surface area contributed by atoms with Crippen LogP contribution in [0.15, 0.2) is 109 Å². The zero-order valence-electron chi connectivity index (χ0n) is 23.0. The number of carboxylic acid groups (broad SMARTS) is 1. The number of hydrogen-bond acceptors (Lipinski definition) is 3. The summed E-state index contributed by atoms with van der Waals surface area (Å²) in [5.74, 6) is -0.992. The molecule has 0 bridgehead atoms. The molecule has 1 atom stereocenters. The van der Waals surface area contributed by atoms with Crippen molar-refractivity contribution in [2.75, 3.05) is 11.4 Å². The minimum Gasteiger partial charge on any atom is -0.478 e. The molecule has 1 amide bonds. The molecular weight excluding hydrogens is 508 g/mol. The number of fused-ring (bicyclic) bond motifs is 2. The van der Waals surface area contributed by atoms with E-state index in [1.807, 2.05) is 61.5 Å². The molecule has 204 valence electrons. The summed E-state index contributed by atoms with van der Waals surface area (Å²) in [6.45, 7) is 3.73. The Morgan fingerprint density at radius 2 is 1.63 bits per heavy atom. The van der Waals surface area contributed by atoms with E-state index in [-0.39, 0.29) is 11.9 Å². The number of nitrogens with one attached hydrogen (secondary N) is 1. The molecule has 5 heteroatoms. The van der Waals surface area contributed by atoms with Crippen molar-refractivity contribution in [2.45, 2.75) is 32.4 Å². The topological polar surface area (TPSA) is 69.6 Å². The minimum atomic E-state index is -0.925. The second-order valence-electron chi connectivity index (χ2n) is 10.7. The Labute approximate surface area is 240 Å². The Balaban J connectivity index is 1.17. The molecule has 0 fully saturated rings. The van der Waals surface area contributed by atoms with Crippen LogP contribution in [0.4, 0.5) is 5.69 Å². The van der Waals surface area contributed by atoms with Gasteiger partial charge in [0.1, 0.15) is 0 Å². The molecule has 0 aliphatic carbocycles. The third-order valence-electron chi connectivity index (χ3n) is 7.99. The summed E-state index contributed by atoms with van der Waals surface area (Å²) in [6.07, 6.45) is 1.96. The van der Waals surface area contributed by atoms with Gasteiger partial charge in [0.05, 0.1) is 11.6 Å². The zero-order valence-corrected chi connectivity index (χ0v) is 23.0. The first-order valence-electron chi connectivity index (χ1n) is 14.1. The number of nitrogens with zero attached hydrogens (tertiary/aromatic N) is 1. The lowest BCUT2D eigenvalue weighted by Gasteiger charge is -2.32. The molecule has 2 N–H and O–H groups in total. The average molecular weight is 541 g/mol. The molecule has 5 nitrogen and oxygen atoms in total. The summed E-state index contributed by atoms with van der Waals surface area (Å²) in [7, 11) is 0. The second-order valence-corrected chi connectivity index (χ2v) is 10.7. The largest absolute Gasteiger partial charge is 0.478 e. The van der Waals surface area contributed by atoms with Gasteiger partial charge in [-0.25, -0.2) is 4.79 Å². The van der Waals surface area contributed by atoms with Crippen LogP contribution in [0.5, 0.6) is 0 Å². The van der Waals surface area contributed by atoms with Gasteiger partial charge in [-0.2, -0.15) is 0 Å². The van der Waals surface area contributed by atoms with Crippen molar-refractivity contribution in [3.63, 3.8) is 0 Å². The van der Waals surface area contributed by atoms with Crippen LogP contribution in [0.1, 0.15) is 56.8 Å². The van der Waals surface area contributed by atoms with Gasteiger partial charge in [-0.05, 0) is 82.6 Å². The number of carbonyl (C=O) groups is 2. The zero-order chi connectivity index (χ0) is 28.3. The van der Waals surface area contributed by atoms with E-state index in [0.717, 1.165) is 59.3 Å². The summed E-state index contributed by atoms with van der Waals surface area (Å²) in [5.41, 5.74) is 7.20. The maximum Gasteiger partial charge on any atom is 0.336 e. The van der Waals surface area contributed by atoms with Crippen molar-refractivity contribution >= 4 is 28.3 Å². The molecule has 41 heavy (non-hydrogen) atoms. The molecular formula is C36H32N2O3. The highest BCUT2D eigenvalue weighted by atomic mass is 16.4. The molecule has 6 rings (SSSR count). The van der Waals surface area contributed by atoms with Crippen molar-refractivity contribution in [3.8, 4) is 11.1 Å². The predicted molar refractivity (Wildman–Crippen MR) is 164 cm³/mol. The van der Waals surface area contributed by atoms with Crippen LogP contribution in [0.3, 0.4) is 0 Å². The Bertz CT molecular complexity index is 1740. The third kappa shape index (κ3) is 5.44. The summed E-state index contributed by atoms with van der Waals surface area (Å²) < 4.78 is 0. The van der Waals surface area contributed by atoms with Crippen LogP contribution < -0.4 is 10.2 Å². The van der Waals surface area contributed by atoms with Gasteiger partial charge in [-0.3, -0.25) is 4.79 Å². The Kier molecular flexibility index (Phi) is 7.26. The highest BCUT2D eigenvalue weighted by Gasteiger charge is 2.20. The molecule has 1 heterocycles. The van der Waals surface area contributed by atoms with Crippen LogP contribution in [-0.4, -0.2) is 23.5 Å². The van der Waals surface area contributed by atoms with Crippen molar-refractivity contribution in [2.24, 2.45) is 0 Å². The fourth-order valence-electron chi connectivity index (χ4n) is 5.90. The van der Waals surface area contributed by atoms with Crippen LogP contribution in [0.25, 0.3) is 21.9 Å². The molecule has 1 unspecified atom stereocenters. The van der Waals surface area contributed by atoms with E-state index in [1.165, 1.54) is 10.9 Å². The van der Waals surface area contributed by atoms with Crippen LogP contribution in [0.2, 0.25) is 0 Å². The fraction of sp³-hybridized carbons (Fsp3) is 0.167. The van der Waals surface area contributed by atoms with E-state index in [1.54, 1.807) is 12.1 Å². The molecule has 0 saturated carbocycles. The van der Waals surface area contributed by atoms with Gasteiger partial charge >= 0.3 is 5.97 Å². The Morgan fingerprint density at radius 3 is 2.46 bits per heavy atom. The SMILES string of the molecule is CC(NC(=O)c1ccc2c(c1)CCCN2Cc1ccc(-c2ccccc2C(=O)O)cc1)c1cccc2ccccc12. The van der Waals surface area contributed by atoms with Crippen LogP contribution in [-0.2, 0) is 13.0 Å². The Hall–Kier alpha value is -4.90. The monoisotopic (exact) mass is 540 g/mol. The van der Waals surface area contributed by atoms with E-state index in [2.05, 4.69) is 52.7 Å². The standard InChI is InChI=1S/C36H32N2O3/c1-24(30-14-6-9-26-8-2-3-11-31(26)30)37-35(39)29-19-20-34-28(22-29)10-7-21-38(34)23-25-15-17-27(18-16-25)32-12-4-5-13-33(32)36(40)41/h2-6,8-9,11-20,22,24H,7,10,21,23H2,1H3,(H,37,39)(H,40,41). The molecule has 0 saturated heterocycles. The third-order valence-corrected chi connectivity index (χ3v) is 7.99. The number of anilines is 1. The second kappa shape index (κ2) is 11.3. The first kappa shape index (κ1) is 26.3. The maximum absolute atomic E-state index is 13.3. The normalized spacial score (nSPS) is 13.4.